The molecule has 0 spiro atoms. The highest BCUT2D eigenvalue weighted by Crippen LogP contribution is 2.40. The number of benzene rings is 2. The topological polar surface area (TPSA) is 0 Å². The quantitative estimate of drug-likeness (QED) is 0.547. The number of hydrogen-bond acceptors (Lipinski definition) is 0. The summed E-state index contributed by atoms with van der Waals surface area (Å²) in [5.41, 5.74) is 9.07. The summed E-state index contributed by atoms with van der Waals surface area (Å²) in [4.78, 5) is 0. The van der Waals surface area contributed by atoms with E-state index in [1.54, 1.807) is 5.57 Å². The van der Waals surface area contributed by atoms with Crippen LogP contribution in [0.3, 0.4) is 0 Å². The normalized spacial score (nSPS) is 18.1. The monoisotopic (exact) mass is 330 g/mol. The molecular weight excluding hydrogens is 300 g/mol. The van der Waals surface area contributed by atoms with E-state index in [1.807, 2.05) is 0 Å². The lowest BCUT2D eigenvalue weighted by Gasteiger charge is -2.22. The third-order valence-corrected chi connectivity index (χ3v) is 6.11. The van der Waals surface area contributed by atoms with Crippen molar-refractivity contribution < 1.29 is 0 Å². The van der Waals surface area contributed by atoms with Crippen molar-refractivity contribution in [2.75, 3.05) is 0 Å². The molecule has 0 N–H and O–H groups in total. The number of allylic oxidation sites excluding steroid dienone is 1. The molecule has 25 heavy (non-hydrogen) atoms. The fraction of sp³-hybridized carbons (Fsp3) is 0.440. The van der Waals surface area contributed by atoms with Crippen molar-refractivity contribution in [2.45, 2.75) is 64.7 Å². The Morgan fingerprint density at radius 3 is 2.24 bits per heavy atom. The molecule has 0 radical (unpaired) electrons. The van der Waals surface area contributed by atoms with E-state index in [0.29, 0.717) is 0 Å². The minimum Gasteiger partial charge on any atom is -0.0621 e. The maximum atomic E-state index is 2.53. The molecule has 1 fully saturated rings. The molecule has 0 aliphatic heterocycles. The summed E-state index contributed by atoms with van der Waals surface area (Å²) in [5, 5.41) is 0. The molecule has 0 heteroatoms. The van der Waals surface area contributed by atoms with E-state index in [-0.39, 0.29) is 5.41 Å². The minimum absolute atomic E-state index is 0.214. The zero-order valence-corrected chi connectivity index (χ0v) is 15.9. The highest BCUT2D eigenvalue weighted by molar-refractivity contribution is 5.81. The first kappa shape index (κ1) is 16.6. The first-order valence-electron chi connectivity index (χ1n) is 9.96. The Bertz CT molecular complexity index is 778. The molecule has 0 bridgehead atoms. The fourth-order valence-electron chi connectivity index (χ4n) is 4.53. The molecule has 130 valence electrons. The van der Waals surface area contributed by atoms with E-state index in [0.717, 1.165) is 5.92 Å². The maximum Gasteiger partial charge on any atom is -0.00548 e. The second-order valence-corrected chi connectivity index (χ2v) is 8.94. The maximum absolute atomic E-state index is 2.53. The summed E-state index contributed by atoms with van der Waals surface area (Å²) in [5.74, 6) is 0.831. The van der Waals surface area contributed by atoms with Crippen molar-refractivity contribution in [2.24, 2.45) is 5.92 Å². The van der Waals surface area contributed by atoms with Gasteiger partial charge in [-0.15, -0.1) is 0 Å². The van der Waals surface area contributed by atoms with Gasteiger partial charge in [0.05, 0.1) is 0 Å². The molecule has 4 rings (SSSR count). The summed E-state index contributed by atoms with van der Waals surface area (Å²) >= 11 is 0. The van der Waals surface area contributed by atoms with Gasteiger partial charge in [0, 0.05) is 0 Å². The summed E-state index contributed by atoms with van der Waals surface area (Å²) in [6.07, 6.45) is 10.8. The Kier molecular flexibility index (Phi) is 4.31. The van der Waals surface area contributed by atoms with Gasteiger partial charge in [0.1, 0.15) is 0 Å². The molecule has 2 aromatic carbocycles. The van der Waals surface area contributed by atoms with Crippen molar-refractivity contribution in [3.63, 3.8) is 0 Å². The highest BCUT2D eigenvalue weighted by atomic mass is 14.3. The van der Waals surface area contributed by atoms with Gasteiger partial charge >= 0.3 is 0 Å². The third kappa shape index (κ3) is 3.32. The molecule has 0 aromatic heterocycles. The van der Waals surface area contributed by atoms with Gasteiger partial charge in [-0.25, -0.2) is 0 Å². The van der Waals surface area contributed by atoms with E-state index in [9.17, 15) is 0 Å². The molecule has 0 atom stereocenters. The Hall–Kier alpha value is -1.82. The predicted molar refractivity (Wildman–Crippen MR) is 109 cm³/mol. The fourth-order valence-corrected chi connectivity index (χ4v) is 4.53. The predicted octanol–water partition coefficient (Wildman–Crippen LogP) is 7.17. The summed E-state index contributed by atoms with van der Waals surface area (Å²) < 4.78 is 0. The molecule has 2 aromatic rings. The van der Waals surface area contributed by atoms with Crippen LogP contribution in [0.25, 0.3) is 17.2 Å². The second kappa shape index (κ2) is 6.48. The first-order chi connectivity index (χ1) is 12.0. The van der Waals surface area contributed by atoms with Crippen LogP contribution in [0.4, 0.5) is 0 Å². The third-order valence-electron chi connectivity index (χ3n) is 6.11. The van der Waals surface area contributed by atoms with Crippen LogP contribution in [0.2, 0.25) is 0 Å². The molecule has 0 heterocycles. The van der Waals surface area contributed by atoms with Gasteiger partial charge in [-0.05, 0) is 58.4 Å². The van der Waals surface area contributed by atoms with E-state index >= 15 is 0 Å². The van der Waals surface area contributed by atoms with Crippen LogP contribution in [-0.2, 0) is 11.8 Å². The van der Waals surface area contributed by atoms with Gasteiger partial charge < -0.3 is 0 Å². The van der Waals surface area contributed by atoms with E-state index in [1.165, 1.54) is 66.3 Å². The SMILES string of the molecule is CC(C)(C)c1ccc(-c2cccc3c2C=C(C2CCCCC2)C3)cc1. The first-order valence-corrected chi connectivity index (χ1v) is 9.96. The van der Waals surface area contributed by atoms with Gasteiger partial charge in [0.25, 0.3) is 0 Å². The van der Waals surface area contributed by atoms with Crippen molar-refractivity contribution in [3.05, 3.63) is 64.7 Å². The average molecular weight is 331 g/mol. The Morgan fingerprint density at radius 2 is 1.56 bits per heavy atom. The Morgan fingerprint density at radius 1 is 0.840 bits per heavy atom. The van der Waals surface area contributed by atoms with E-state index in [2.05, 4.69) is 69.3 Å². The molecule has 0 nitrogen and oxygen atoms in total. The zero-order valence-electron chi connectivity index (χ0n) is 15.9. The molecule has 2 aliphatic rings. The lowest BCUT2D eigenvalue weighted by molar-refractivity contribution is 0.401. The lowest BCUT2D eigenvalue weighted by atomic mass is 9.83. The smallest absolute Gasteiger partial charge is 0.00548 e. The Balaban J connectivity index is 1.67. The second-order valence-electron chi connectivity index (χ2n) is 8.94. The van der Waals surface area contributed by atoms with Gasteiger partial charge in [0.15, 0.2) is 0 Å². The standard InChI is InChI=1S/C25H30/c1-25(2,3)22-14-12-19(13-15-22)23-11-7-10-20-16-21(17-24(20)23)18-8-5-4-6-9-18/h7,10-15,17-18H,4-6,8-9,16H2,1-3H3. The summed E-state index contributed by atoms with van der Waals surface area (Å²) in [6.45, 7) is 6.84. The van der Waals surface area contributed by atoms with Crippen LogP contribution in [0.5, 0.6) is 0 Å². The average Bonchev–Trinajstić information content (AvgIpc) is 3.06. The number of hydrogen-bond donors (Lipinski definition) is 0. The highest BCUT2D eigenvalue weighted by Gasteiger charge is 2.24. The summed E-state index contributed by atoms with van der Waals surface area (Å²) in [7, 11) is 0. The van der Waals surface area contributed by atoms with Crippen LogP contribution < -0.4 is 0 Å². The van der Waals surface area contributed by atoms with Crippen molar-refractivity contribution in [3.8, 4) is 11.1 Å². The molecular formula is C25H30. The van der Waals surface area contributed by atoms with Crippen LogP contribution in [0.15, 0.2) is 48.0 Å². The molecule has 2 aliphatic carbocycles. The van der Waals surface area contributed by atoms with Crippen LogP contribution in [0.1, 0.15) is 69.6 Å². The lowest BCUT2D eigenvalue weighted by Crippen LogP contribution is -2.10. The van der Waals surface area contributed by atoms with Crippen LogP contribution in [0, 0.1) is 5.92 Å². The van der Waals surface area contributed by atoms with E-state index < -0.39 is 0 Å². The molecule has 0 amide bonds. The van der Waals surface area contributed by atoms with Crippen LogP contribution in [-0.4, -0.2) is 0 Å². The van der Waals surface area contributed by atoms with Gasteiger partial charge in [0.2, 0.25) is 0 Å². The van der Waals surface area contributed by atoms with E-state index in [4.69, 9.17) is 0 Å². The minimum atomic E-state index is 0.214. The largest absolute Gasteiger partial charge is 0.0621 e. The van der Waals surface area contributed by atoms with Gasteiger partial charge in [-0.3, -0.25) is 0 Å². The Labute approximate surface area is 153 Å². The van der Waals surface area contributed by atoms with Crippen molar-refractivity contribution in [1.82, 2.24) is 0 Å². The van der Waals surface area contributed by atoms with Gasteiger partial charge in [-0.1, -0.05) is 94.1 Å². The van der Waals surface area contributed by atoms with Crippen molar-refractivity contribution in [1.29, 1.82) is 0 Å². The zero-order chi connectivity index (χ0) is 17.4. The number of fused-ring (bicyclic) bond motifs is 1. The number of rotatable bonds is 2. The summed E-state index contributed by atoms with van der Waals surface area (Å²) in [6, 6.07) is 16.1. The molecule has 0 saturated heterocycles. The van der Waals surface area contributed by atoms with Crippen molar-refractivity contribution >= 4 is 6.08 Å². The molecule has 1 saturated carbocycles. The molecule has 0 unspecified atom stereocenters. The van der Waals surface area contributed by atoms with Gasteiger partial charge in [-0.2, -0.15) is 0 Å². The van der Waals surface area contributed by atoms with Crippen LogP contribution >= 0.6 is 0 Å².